The van der Waals surface area contributed by atoms with E-state index >= 15 is 0 Å². The lowest BCUT2D eigenvalue weighted by Crippen LogP contribution is -2.48. The Morgan fingerprint density at radius 3 is 2.29 bits per heavy atom. The average molecular weight is 251 g/mol. The zero-order chi connectivity index (χ0) is 12.8. The molecule has 1 unspecified atom stereocenters. The van der Waals surface area contributed by atoms with Crippen molar-refractivity contribution in [2.45, 2.75) is 76.5 Å². The lowest BCUT2D eigenvalue weighted by molar-refractivity contribution is 0.495. The summed E-state index contributed by atoms with van der Waals surface area (Å²) in [6.45, 7) is 9.43. The Balaban J connectivity index is 3.05. The molecule has 0 spiro atoms. The first-order valence-corrected chi connectivity index (χ1v) is 10.1. The Bertz CT molecular complexity index is 273. The maximum absolute atomic E-state index is 2.59. The van der Waals surface area contributed by atoms with Crippen molar-refractivity contribution in [3.63, 3.8) is 0 Å². The van der Waals surface area contributed by atoms with Gasteiger partial charge in [-0.2, -0.15) is 0 Å². The summed E-state index contributed by atoms with van der Waals surface area (Å²) < 4.78 is 0. The molecule has 1 rings (SSSR count). The minimum atomic E-state index is -1.08. The third-order valence-corrected chi connectivity index (χ3v) is 12.2. The van der Waals surface area contributed by atoms with Crippen molar-refractivity contribution in [1.29, 1.82) is 0 Å². The lowest BCUT2D eigenvalue weighted by atomic mass is 9.96. The smallest absolute Gasteiger partial charge is 0.0635 e. The Kier molecular flexibility index (Phi) is 5.71. The highest BCUT2D eigenvalue weighted by Gasteiger charge is 2.48. The second-order valence-corrected chi connectivity index (χ2v) is 11.1. The summed E-state index contributed by atoms with van der Waals surface area (Å²) in [5.41, 5.74) is 0. The molecular formula is C16H30Si. The van der Waals surface area contributed by atoms with E-state index in [4.69, 9.17) is 0 Å². The molecule has 1 fully saturated rings. The van der Waals surface area contributed by atoms with Crippen LogP contribution < -0.4 is 0 Å². The van der Waals surface area contributed by atoms with Crippen molar-refractivity contribution in [2.75, 3.05) is 0 Å². The van der Waals surface area contributed by atoms with Gasteiger partial charge in [0, 0.05) is 0 Å². The van der Waals surface area contributed by atoms with Crippen LogP contribution in [0.4, 0.5) is 0 Å². The van der Waals surface area contributed by atoms with Gasteiger partial charge >= 0.3 is 0 Å². The molecule has 0 nitrogen and oxygen atoms in total. The Morgan fingerprint density at radius 1 is 1.06 bits per heavy atom. The molecule has 0 aromatic rings. The molecule has 0 aromatic heterocycles. The summed E-state index contributed by atoms with van der Waals surface area (Å²) in [7, 11) is -1.08. The summed E-state index contributed by atoms with van der Waals surface area (Å²) in [6.07, 6.45) is 15.0. The molecule has 1 atom stereocenters. The highest BCUT2D eigenvalue weighted by Crippen LogP contribution is 2.56. The van der Waals surface area contributed by atoms with Crippen LogP contribution in [0.15, 0.2) is 24.3 Å². The third kappa shape index (κ3) is 2.75. The van der Waals surface area contributed by atoms with E-state index in [0.717, 1.165) is 0 Å². The normalized spacial score (nSPS) is 29.2. The zero-order valence-corrected chi connectivity index (χ0v) is 13.3. The molecule has 17 heavy (non-hydrogen) atoms. The minimum Gasteiger partial charge on any atom is -0.0877 e. The van der Waals surface area contributed by atoms with Gasteiger partial charge in [-0.25, -0.2) is 0 Å². The largest absolute Gasteiger partial charge is 0.0877 e. The van der Waals surface area contributed by atoms with Gasteiger partial charge in [0.25, 0.3) is 0 Å². The van der Waals surface area contributed by atoms with Gasteiger partial charge in [-0.05, 0) is 24.8 Å². The topological polar surface area (TPSA) is 0 Å². The highest BCUT2D eigenvalue weighted by atomic mass is 28.3. The summed E-state index contributed by atoms with van der Waals surface area (Å²) in [5.74, 6) is 0. The van der Waals surface area contributed by atoms with Crippen LogP contribution in [0, 0.1) is 0 Å². The van der Waals surface area contributed by atoms with E-state index in [0.29, 0.717) is 5.04 Å². The highest BCUT2D eigenvalue weighted by molar-refractivity contribution is 6.83. The summed E-state index contributed by atoms with van der Waals surface area (Å²) in [6, 6.07) is 4.50. The molecule has 1 heterocycles. The fourth-order valence-corrected chi connectivity index (χ4v) is 9.95. The maximum atomic E-state index is 2.59. The predicted molar refractivity (Wildman–Crippen MR) is 82.3 cm³/mol. The van der Waals surface area contributed by atoms with E-state index in [2.05, 4.69) is 52.0 Å². The molecule has 0 radical (unpaired) electrons. The maximum Gasteiger partial charge on any atom is 0.0635 e. The summed E-state index contributed by atoms with van der Waals surface area (Å²) in [5, 5.41) is 0.592. The minimum absolute atomic E-state index is 0.592. The number of hydrogen-bond donors (Lipinski definition) is 0. The third-order valence-electron chi connectivity index (χ3n) is 5.29. The number of hydrogen-bond acceptors (Lipinski definition) is 0. The SMILES string of the molecule is CC=CC=CC1(CC)CCCC[Si]1(CC)CC. The predicted octanol–water partition coefficient (Wildman–Crippen LogP) is 5.94. The Morgan fingerprint density at radius 2 is 1.76 bits per heavy atom. The van der Waals surface area contributed by atoms with Crippen LogP contribution in [-0.2, 0) is 0 Å². The molecule has 0 N–H and O–H groups in total. The van der Waals surface area contributed by atoms with Crippen LogP contribution in [0.1, 0.15) is 53.4 Å². The molecule has 1 aliphatic rings. The molecule has 0 aromatic carbocycles. The van der Waals surface area contributed by atoms with E-state index in [1.54, 1.807) is 6.04 Å². The first-order valence-electron chi connectivity index (χ1n) is 7.51. The quantitative estimate of drug-likeness (QED) is 0.418. The van der Waals surface area contributed by atoms with Crippen molar-refractivity contribution in [2.24, 2.45) is 0 Å². The monoisotopic (exact) mass is 250 g/mol. The van der Waals surface area contributed by atoms with E-state index in [1.807, 2.05) is 0 Å². The number of rotatable bonds is 5. The van der Waals surface area contributed by atoms with Crippen molar-refractivity contribution >= 4 is 8.07 Å². The van der Waals surface area contributed by atoms with Gasteiger partial charge in [0.15, 0.2) is 0 Å². The fraction of sp³-hybridized carbons (Fsp3) is 0.750. The first kappa shape index (κ1) is 14.8. The van der Waals surface area contributed by atoms with E-state index in [9.17, 15) is 0 Å². The van der Waals surface area contributed by atoms with Gasteiger partial charge in [0.1, 0.15) is 0 Å². The van der Waals surface area contributed by atoms with Gasteiger partial charge in [-0.15, -0.1) is 0 Å². The molecular weight excluding hydrogens is 220 g/mol. The lowest BCUT2D eigenvalue weighted by Gasteiger charge is -2.51. The van der Waals surface area contributed by atoms with Crippen LogP contribution in [0.5, 0.6) is 0 Å². The van der Waals surface area contributed by atoms with Crippen LogP contribution in [-0.4, -0.2) is 8.07 Å². The van der Waals surface area contributed by atoms with Crippen molar-refractivity contribution in [1.82, 2.24) is 0 Å². The molecule has 1 saturated heterocycles. The van der Waals surface area contributed by atoms with E-state index < -0.39 is 8.07 Å². The average Bonchev–Trinajstić information content (AvgIpc) is 2.39. The fourth-order valence-electron chi connectivity index (χ4n) is 4.01. The van der Waals surface area contributed by atoms with Crippen LogP contribution in [0.3, 0.4) is 0 Å². The molecule has 1 aliphatic heterocycles. The Hall–Kier alpha value is -0.303. The van der Waals surface area contributed by atoms with Crippen LogP contribution in [0.25, 0.3) is 0 Å². The molecule has 0 saturated carbocycles. The molecule has 1 heteroatoms. The van der Waals surface area contributed by atoms with Crippen LogP contribution in [0.2, 0.25) is 23.2 Å². The Labute approximate surface area is 109 Å². The second kappa shape index (κ2) is 6.58. The number of allylic oxidation sites excluding steroid dienone is 4. The van der Waals surface area contributed by atoms with Crippen molar-refractivity contribution in [3.05, 3.63) is 24.3 Å². The summed E-state index contributed by atoms with van der Waals surface area (Å²) >= 11 is 0. The van der Waals surface area contributed by atoms with Gasteiger partial charge in [0.05, 0.1) is 8.07 Å². The molecule has 0 bridgehead atoms. The first-order chi connectivity index (χ1) is 8.20. The zero-order valence-electron chi connectivity index (χ0n) is 12.3. The van der Waals surface area contributed by atoms with Gasteiger partial charge in [-0.3, -0.25) is 0 Å². The van der Waals surface area contributed by atoms with E-state index in [-0.39, 0.29) is 0 Å². The van der Waals surface area contributed by atoms with Gasteiger partial charge in [-0.1, -0.05) is 76.0 Å². The standard InChI is InChI=1S/C16H30Si/c1-5-9-10-13-16(6-2)14-11-12-15-17(16,7-3)8-4/h5,9-10,13H,6-8,11-12,14-15H2,1-4H3. The molecule has 98 valence electrons. The van der Waals surface area contributed by atoms with E-state index in [1.165, 1.54) is 37.8 Å². The summed E-state index contributed by atoms with van der Waals surface area (Å²) in [4.78, 5) is 0. The van der Waals surface area contributed by atoms with Crippen molar-refractivity contribution < 1.29 is 0 Å². The van der Waals surface area contributed by atoms with Gasteiger partial charge < -0.3 is 0 Å². The van der Waals surface area contributed by atoms with Crippen molar-refractivity contribution in [3.8, 4) is 0 Å². The second-order valence-electron chi connectivity index (χ2n) is 5.59. The molecule has 0 amide bonds. The van der Waals surface area contributed by atoms with Gasteiger partial charge in [0.2, 0.25) is 0 Å². The van der Waals surface area contributed by atoms with Crippen LogP contribution >= 0.6 is 0 Å². The molecule has 0 aliphatic carbocycles.